The first-order valence-corrected chi connectivity index (χ1v) is 8.94. The molecule has 0 aromatic heterocycles. The molecule has 1 heterocycles. The minimum Gasteiger partial charge on any atom is -0.454 e. The van der Waals surface area contributed by atoms with Gasteiger partial charge in [-0.25, -0.2) is 0 Å². The lowest BCUT2D eigenvalue weighted by Gasteiger charge is -2.24. The lowest BCUT2D eigenvalue weighted by molar-refractivity contribution is -0.130. The van der Waals surface area contributed by atoms with Gasteiger partial charge in [-0.1, -0.05) is 24.3 Å². The molecule has 1 atom stereocenters. The Kier molecular flexibility index (Phi) is 5.30. The summed E-state index contributed by atoms with van der Waals surface area (Å²) >= 11 is 1.59. The molecule has 0 bridgehead atoms. The highest BCUT2D eigenvalue weighted by Crippen LogP contribution is 2.33. The Morgan fingerprint density at radius 3 is 2.67 bits per heavy atom. The summed E-state index contributed by atoms with van der Waals surface area (Å²) in [4.78, 5) is 15.7. The molecule has 2 aromatic carbocycles. The molecule has 3 rings (SSSR count). The van der Waals surface area contributed by atoms with Crippen LogP contribution in [0.1, 0.15) is 19.4 Å². The number of hydrogen-bond acceptors (Lipinski definition) is 4. The van der Waals surface area contributed by atoms with Gasteiger partial charge in [-0.2, -0.15) is 0 Å². The minimum absolute atomic E-state index is 0.124. The SMILES string of the molecule is CCN(Cc1ccc2c(c1)OCO2)C(=O)C(C)Sc1ccccc1. The number of hydrogen-bond donors (Lipinski definition) is 0. The fourth-order valence-electron chi connectivity index (χ4n) is 2.62. The van der Waals surface area contributed by atoms with Crippen LogP contribution in [0.15, 0.2) is 53.4 Å². The molecule has 1 amide bonds. The molecule has 4 nitrogen and oxygen atoms in total. The van der Waals surface area contributed by atoms with Gasteiger partial charge >= 0.3 is 0 Å². The molecule has 0 aliphatic carbocycles. The van der Waals surface area contributed by atoms with E-state index in [9.17, 15) is 4.79 Å². The fourth-order valence-corrected chi connectivity index (χ4v) is 3.59. The number of thioether (sulfide) groups is 1. The normalized spacial score (nSPS) is 13.6. The molecular weight excluding hydrogens is 322 g/mol. The molecule has 1 aliphatic rings. The first-order chi connectivity index (χ1) is 11.7. The Labute approximate surface area is 146 Å². The zero-order chi connectivity index (χ0) is 16.9. The molecule has 2 aromatic rings. The van der Waals surface area contributed by atoms with E-state index in [4.69, 9.17) is 9.47 Å². The molecule has 1 unspecified atom stereocenters. The van der Waals surface area contributed by atoms with Crippen LogP contribution >= 0.6 is 11.8 Å². The number of amides is 1. The third kappa shape index (κ3) is 3.85. The molecule has 0 N–H and O–H groups in total. The van der Waals surface area contributed by atoms with Crippen LogP contribution in [0.5, 0.6) is 11.5 Å². The highest BCUT2D eigenvalue weighted by Gasteiger charge is 2.21. The summed E-state index contributed by atoms with van der Waals surface area (Å²) in [5, 5.41) is -0.124. The molecular formula is C19H21NO3S. The van der Waals surface area contributed by atoms with Gasteiger partial charge in [-0.3, -0.25) is 4.79 Å². The summed E-state index contributed by atoms with van der Waals surface area (Å²) in [5.41, 5.74) is 1.05. The second kappa shape index (κ2) is 7.62. The second-order valence-electron chi connectivity index (χ2n) is 5.61. The molecule has 24 heavy (non-hydrogen) atoms. The van der Waals surface area contributed by atoms with E-state index in [1.54, 1.807) is 11.8 Å². The number of carbonyl (C=O) groups excluding carboxylic acids is 1. The molecule has 126 valence electrons. The van der Waals surface area contributed by atoms with Crippen LogP contribution in [0.3, 0.4) is 0 Å². The molecule has 0 saturated heterocycles. The van der Waals surface area contributed by atoms with Gasteiger partial charge in [0.1, 0.15) is 0 Å². The van der Waals surface area contributed by atoms with Crippen molar-refractivity contribution in [2.75, 3.05) is 13.3 Å². The number of rotatable bonds is 6. The first-order valence-electron chi connectivity index (χ1n) is 8.06. The number of nitrogens with zero attached hydrogens (tertiary/aromatic N) is 1. The van der Waals surface area contributed by atoms with Crippen molar-refractivity contribution in [3.05, 3.63) is 54.1 Å². The quantitative estimate of drug-likeness (QED) is 0.745. The Bertz CT molecular complexity index is 705. The summed E-state index contributed by atoms with van der Waals surface area (Å²) < 4.78 is 10.7. The average Bonchev–Trinajstić information content (AvgIpc) is 3.07. The monoisotopic (exact) mass is 343 g/mol. The van der Waals surface area contributed by atoms with Crippen molar-refractivity contribution in [1.29, 1.82) is 0 Å². The standard InChI is InChI=1S/C19H21NO3S/c1-3-20(12-15-9-10-17-18(11-15)23-13-22-17)19(21)14(2)24-16-7-5-4-6-8-16/h4-11,14H,3,12-13H2,1-2H3. The Morgan fingerprint density at radius 2 is 1.92 bits per heavy atom. The van der Waals surface area contributed by atoms with Crippen molar-refractivity contribution in [2.45, 2.75) is 30.5 Å². The Morgan fingerprint density at radius 1 is 1.17 bits per heavy atom. The zero-order valence-electron chi connectivity index (χ0n) is 13.9. The van der Waals surface area contributed by atoms with Gasteiger partial charge in [-0.05, 0) is 43.7 Å². The summed E-state index contributed by atoms with van der Waals surface area (Å²) in [6.45, 7) is 5.48. The number of carbonyl (C=O) groups is 1. The molecule has 0 spiro atoms. The maximum Gasteiger partial charge on any atom is 0.236 e. The maximum absolute atomic E-state index is 12.8. The summed E-state index contributed by atoms with van der Waals surface area (Å²) in [6, 6.07) is 15.9. The molecule has 0 saturated carbocycles. The lowest BCUT2D eigenvalue weighted by atomic mass is 10.2. The highest BCUT2D eigenvalue weighted by atomic mass is 32.2. The van der Waals surface area contributed by atoms with Crippen LogP contribution in [0.4, 0.5) is 0 Å². The van der Waals surface area contributed by atoms with Crippen LogP contribution in [0.25, 0.3) is 0 Å². The summed E-state index contributed by atoms with van der Waals surface area (Å²) in [7, 11) is 0. The van der Waals surface area contributed by atoms with Crippen LogP contribution in [-0.2, 0) is 11.3 Å². The third-order valence-corrected chi connectivity index (χ3v) is 5.01. The maximum atomic E-state index is 12.8. The number of ether oxygens (including phenoxy) is 2. The molecule has 1 aliphatic heterocycles. The van der Waals surface area contributed by atoms with Crippen LogP contribution in [0, 0.1) is 0 Å². The van der Waals surface area contributed by atoms with Crippen molar-refractivity contribution >= 4 is 17.7 Å². The van der Waals surface area contributed by atoms with Crippen molar-refractivity contribution in [2.24, 2.45) is 0 Å². The summed E-state index contributed by atoms with van der Waals surface area (Å²) in [6.07, 6.45) is 0. The van der Waals surface area contributed by atoms with Crippen molar-refractivity contribution in [1.82, 2.24) is 4.90 Å². The summed E-state index contributed by atoms with van der Waals surface area (Å²) in [5.74, 6) is 1.66. The topological polar surface area (TPSA) is 38.8 Å². The van der Waals surface area contributed by atoms with Gasteiger partial charge in [0.25, 0.3) is 0 Å². The highest BCUT2D eigenvalue weighted by molar-refractivity contribution is 8.00. The zero-order valence-corrected chi connectivity index (χ0v) is 14.7. The van der Waals surface area contributed by atoms with Crippen molar-refractivity contribution < 1.29 is 14.3 Å². The molecule has 0 radical (unpaired) electrons. The fraction of sp³-hybridized carbons (Fsp3) is 0.316. The smallest absolute Gasteiger partial charge is 0.236 e. The van der Waals surface area contributed by atoms with E-state index in [1.165, 1.54) is 0 Å². The average molecular weight is 343 g/mol. The van der Waals surface area contributed by atoms with Gasteiger partial charge in [-0.15, -0.1) is 11.8 Å². The lowest BCUT2D eigenvalue weighted by Crippen LogP contribution is -2.35. The molecule has 0 fully saturated rings. The third-order valence-electron chi connectivity index (χ3n) is 3.91. The van der Waals surface area contributed by atoms with Gasteiger partial charge in [0.05, 0.1) is 5.25 Å². The van der Waals surface area contributed by atoms with E-state index in [0.717, 1.165) is 22.0 Å². The van der Waals surface area contributed by atoms with Gasteiger partial charge in [0.15, 0.2) is 11.5 Å². The van der Waals surface area contributed by atoms with E-state index in [2.05, 4.69) is 0 Å². The van der Waals surface area contributed by atoms with E-state index in [1.807, 2.05) is 67.3 Å². The van der Waals surface area contributed by atoms with Gasteiger partial charge in [0, 0.05) is 18.0 Å². The Hall–Kier alpha value is -2.14. The van der Waals surface area contributed by atoms with Gasteiger partial charge < -0.3 is 14.4 Å². The van der Waals surface area contributed by atoms with Crippen LogP contribution in [-0.4, -0.2) is 29.4 Å². The number of fused-ring (bicyclic) bond motifs is 1. The van der Waals surface area contributed by atoms with E-state index < -0.39 is 0 Å². The van der Waals surface area contributed by atoms with Crippen molar-refractivity contribution in [3.8, 4) is 11.5 Å². The predicted octanol–water partition coefficient (Wildman–Crippen LogP) is 3.94. The first kappa shape index (κ1) is 16.7. The predicted molar refractivity (Wildman–Crippen MR) is 95.4 cm³/mol. The van der Waals surface area contributed by atoms with E-state index in [0.29, 0.717) is 13.1 Å². The minimum atomic E-state index is -0.124. The molecule has 5 heteroatoms. The van der Waals surface area contributed by atoms with Crippen molar-refractivity contribution in [3.63, 3.8) is 0 Å². The van der Waals surface area contributed by atoms with Crippen LogP contribution in [0.2, 0.25) is 0 Å². The Balaban J connectivity index is 1.65. The largest absolute Gasteiger partial charge is 0.454 e. The van der Waals surface area contributed by atoms with E-state index >= 15 is 0 Å². The van der Waals surface area contributed by atoms with Crippen LogP contribution < -0.4 is 9.47 Å². The van der Waals surface area contributed by atoms with E-state index in [-0.39, 0.29) is 18.0 Å². The van der Waals surface area contributed by atoms with Gasteiger partial charge in [0.2, 0.25) is 12.7 Å². The number of benzene rings is 2. The second-order valence-corrected chi connectivity index (χ2v) is 7.03.